The molecule has 0 fully saturated rings. The van der Waals surface area contributed by atoms with Crippen molar-refractivity contribution in [3.05, 3.63) is 63.1 Å². The molecule has 0 aliphatic rings. The van der Waals surface area contributed by atoms with Crippen LogP contribution in [0.1, 0.15) is 38.3 Å². The van der Waals surface area contributed by atoms with Gasteiger partial charge in [0.15, 0.2) is 6.61 Å². The summed E-state index contributed by atoms with van der Waals surface area (Å²) in [6, 6.07) is 12.4. The number of amides is 2. The summed E-state index contributed by atoms with van der Waals surface area (Å²) in [5.74, 6) is 0.0937. The van der Waals surface area contributed by atoms with E-state index in [1.54, 1.807) is 23.1 Å². The highest BCUT2D eigenvalue weighted by Crippen LogP contribution is 2.28. The zero-order valence-electron chi connectivity index (χ0n) is 17.7. The molecule has 0 aliphatic heterocycles. The van der Waals surface area contributed by atoms with Crippen LogP contribution in [0.2, 0.25) is 5.02 Å². The maximum atomic E-state index is 13.2. The van der Waals surface area contributed by atoms with Crippen molar-refractivity contribution in [2.45, 2.75) is 52.7 Å². The fourth-order valence-electron chi connectivity index (χ4n) is 3.09. The van der Waals surface area contributed by atoms with Crippen LogP contribution in [0.25, 0.3) is 0 Å². The van der Waals surface area contributed by atoms with Gasteiger partial charge in [-0.05, 0) is 72.4 Å². The SMILES string of the molecule is CCC(C(=O)NC(C)C)N(Cc1ccccc1C)C(=O)COc1ccc(Cl)cc1Br. The predicted octanol–water partition coefficient (Wildman–Crippen LogP) is 5.12. The van der Waals surface area contributed by atoms with Crippen LogP contribution in [0.15, 0.2) is 46.9 Å². The monoisotopic (exact) mass is 494 g/mol. The standard InChI is InChI=1S/C23H28BrClN2O3/c1-5-20(23(29)26-15(2)3)27(13-17-9-7-6-8-16(17)4)22(28)14-30-21-11-10-18(25)12-19(21)24/h6-12,15,20H,5,13-14H2,1-4H3,(H,26,29). The number of rotatable bonds is 9. The molecular formula is C23H28BrClN2O3. The van der Waals surface area contributed by atoms with Gasteiger partial charge in [-0.15, -0.1) is 0 Å². The van der Waals surface area contributed by atoms with Crippen LogP contribution in [-0.2, 0) is 16.1 Å². The number of hydrogen-bond acceptors (Lipinski definition) is 3. The molecule has 0 saturated carbocycles. The Hall–Kier alpha value is -2.05. The zero-order chi connectivity index (χ0) is 22.3. The topological polar surface area (TPSA) is 58.6 Å². The minimum absolute atomic E-state index is 0.0109. The molecule has 0 spiro atoms. The van der Waals surface area contributed by atoms with Crippen LogP contribution in [-0.4, -0.2) is 35.4 Å². The fraction of sp³-hybridized carbons (Fsp3) is 0.391. The van der Waals surface area contributed by atoms with E-state index in [0.29, 0.717) is 28.2 Å². The van der Waals surface area contributed by atoms with Crippen molar-refractivity contribution in [3.8, 4) is 5.75 Å². The van der Waals surface area contributed by atoms with Crippen molar-refractivity contribution >= 4 is 39.3 Å². The summed E-state index contributed by atoms with van der Waals surface area (Å²) >= 11 is 9.36. The van der Waals surface area contributed by atoms with E-state index in [1.165, 1.54) is 0 Å². The molecule has 1 atom stereocenters. The quantitative estimate of drug-likeness (QED) is 0.525. The number of nitrogens with zero attached hydrogens (tertiary/aromatic N) is 1. The van der Waals surface area contributed by atoms with Gasteiger partial charge in [-0.1, -0.05) is 42.8 Å². The smallest absolute Gasteiger partial charge is 0.261 e. The van der Waals surface area contributed by atoms with Crippen molar-refractivity contribution in [3.63, 3.8) is 0 Å². The number of carbonyl (C=O) groups is 2. The van der Waals surface area contributed by atoms with Crippen LogP contribution in [0.4, 0.5) is 0 Å². The third-order valence-electron chi connectivity index (χ3n) is 4.66. The first kappa shape index (κ1) is 24.2. The number of halogens is 2. The summed E-state index contributed by atoms with van der Waals surface area (Å²) in [7, 11) is 0. The Morgan fingerprint density at radius 1 is 1.20 bits per heavy atom. The van der Waals surface area contributed by atoms with Crippen LogP contribution >= 0.6 is 27.5 Å². The molecule has 0 aromatic heterocycles. The maximum Gasteiger partial charge on any atom is 0.261 e. The third kappa shape index (κ3) is 6.74. The van der Waals surface area contributed by atoms with E-state index in [2.05, 4.69) is 21.2 Å². The molecular weight excluding hydrogens is 468 g/mol. The molecule has 5 nitrogen and oxygen atoms in total. The number of ether oxygens (including phenoxy) is 1. The van der Waals surface area contributed by atoms with Crippen LogP contribution < -0.4 is 10.1 Å². The van der Waals surface area contributed by atoms with E-state index >= 15 is 0 Å². The van der Waals surface area contributed by atoms with Gasteiger partial charge in [-0.3, -0.25) is 9.59 Å². The average Bonchev–Trinajstić information content (AvgIpc) is 2.67. The van der Waals surface area contributed by atoms with Gasteiger partial charge in [-0.25, -0.2) is 0 Å². The highest BCUT2D eigenvalue weighted by molar-refractivity contribution is 9.10. The lowest BCUT2D eigenvalue weighted by atomic mass is 10.1. The van der Waals surface area contributed by atoms with E-state index in [-0.39, 0.29) is 24.5 Å². The summed E-state index contributed by atoms with van der Waals surface area (Å²) in [6.07, 6.45) is 0.501. The van der Waals surface area contributed by atoms with E-state index < -0.39 is 6.04 Å². The van der Waals surface area contributed by atoms with Crippen LogP contribution in [0.5, 0.6) is 5.75 Å². The van der Waals surface area contributed by atoms with E-state index in [0.717, 1.165) is 11.1 Å². The minimum Gasteiger partial charge on any atom is -0.483 e. The van der Waals surface area contributed by atoms with Crippen molar-refractivity contribution in [1.29, 1.82) is 0 Å². The van der Waals surface area contributed by atoms with E-state index in [9.17, 15) is 9.59 Å². The molecule has 162 valence electrons. The average molecular weight is 496 g/mol. The molecule has 2 aromatic carbocycles. The lowest BCUT2D eigenvalue weighted by Crippen LogP contribution is -2.51. The molecule has 0 aliphatic carbocycles. The van der Waals surface area contributed by atoms with E-state index in [1.807, 2.05) is 52.0 Å². The minimum atomic E-state index is -0.586. The van der Waals surface area contributed by atoms with Crippen molar-refractivity contribution in [1.82, 2.24) is 10.2 Å². The second-order valence-electron chi connectivity index (χ2n) is 7.40. The molecule has 30 heavy (non-hydrogen) atoms. The zero-order valence-corrected chi connectivity index (χ0v) is 20.1. The van der Waals surface area contributed by atoms with Gasteiger partial charge in [0.25, 0.3) is 5.91 Å². The number of benzene rings is 2. The molecule has 2 rings (SSSR count). The van der Waals surface area contributed by atoms with Crippen LogP contribution in [0, 0.1) is 6.92 Å². The highest BCUT2D eigenvalue weighted by atomic mass is 79.9. The number of carbonyl (C=O) groups excluding carboxylic acids is 2. The summed E-state index contributed by atoms with van der Waals surface area (Å²) in [4.78, 5) is 27.6. The first-order valence-electron chi connectivity index (χ1n) is 9.95. The lowest BCUT2D eigenvalue weighted by Gasteiger charge is -2.31. The first-order valence-corrected chi connectivity index (χ1v) is 11.1. The lowest BCUT2D eigenvalue weighted by molar-refractivity contribution is -0.143. The number of nitrogens with one attached hydrogen (secondary N) is 1. The summed E-state index contributed by atoms with van der Waals surface area (Å²) in [5, 5.41) is 3.49. The Bertz CT molecular complexity index is 889. The summed E-state index contributed by atoms with van der Waals surface area (Å²) in [6.45, 7) is 7.85. The van der Waals surface area contributed by atoms with Crippen molar-refractivity contribution in [2.24, 2.45) is 0 Å². The van der Waals surface area contributed by atoms with E-state index in [4.69, 9.17) is 16.3 Å². The van der Waals surface area contributed by atoms with Gasteiger partial charge in [0.05, 0.1) is 4.47 Å². The molecule has 7 heteroatoms. The molecule has 1 unspecified atom stereocenters. The molecule has 2 amide bonds. The van der Waals surface area contributed by atoms with Crippen LogP contribution in [0.3, 0.4) is 0 Å². The second kappa shape index (κ2) is 11.4. The van der Waals surface area contributed by atoms with Gasteiger partial charge in [0.1, 0.15) is 11.8 Å². The Labute approximate surface area is 191 Å². The van der Waals surface area contributed by atoms with Crippen molar-refractivity contribution in [2.75, 3.05) is 6.61 Å². The van der Waals surface area contributed by atoms with Gasteiger partial charge in [0, 0.05) is 17.6 Å². The van der Waals surface area contributed by atoms with Gasteiger partial charge < -0.3 is 15.0 Å². The Morgan fingerprint density at radius 2 is 1.90 bits per heavy atom. The molecule has 2 aromatic rings. The number of hydrogen-bond donors (Lipinski definition) is 1. The Balaban J connectivity index is 2.25. The third-order valence-corrected chi connectivity index (χ3v) is 5.52. The summed E-state index contributed by atoms with van der Waals surface area (Å²) in [5.41, 5.74) is 2.06. The molecule has 0 radical (unpaired) electrons. The van der Waals surface area contributed by atoms with Gasteiger partial charge >= 0.3 is 0 Å². The maximum absolute atomic E-state index is 13.2. The molecule has 0 saturated heterocycles. The fourth-order valence-corrected chi connectivity index (χ4v) is 3.88. The summed E-state index contributed by atoms with van der Waals surface area (Å²) < 4.78 is 6.39. The molecule has 1 N–H and O–H groups in total. The van der Waals surface area contributed by atoms with Gasteiger partial charge in [0.2, 0.25) is 5.91 Å². The normalized spacial score (nSPS) is 11.8. The van der Waals surface area contributed by atoms with Crippen molar-refractivity contribution < 1.29 is 14.3 Å². The Morgan fingerprint density at radius 3 is 2.50 bits per heavy atom. The predicted molar refractivity (Wildman–Crippen MR) is 124 cm³/mol. The second-order valence-corrected chi connectivity index (χ2v) is 8.69. The highest BCUT2D eigenvalue weighted by Gasteiger charge is 2.29. The number of aryl methyl sites for hydroxylation is 1. The van der Waals surface area contributed by atoms with Gasteiger partial charge in [-0.2, -0.15) is 0 Å². The largest absolute Gasteiger partial charge is 0.483 e. The first-order chi connectivity index (χ1) is 14.2. The molecule has 0 bridgehead atoms. The molecule has 0 heterocycles. The Kier molecular flexibility index (Phi) is 9.18.